The van der Waals surface area contributed by atoms with Crippen molar-refractivity contribution < 1.29 is 18.0 Å². The molecular weight excluding hydrogens is 411 g/mol. The number of hydrogen-bond acceptors (Lipinski definition) is 3. The van der Waals surface area contributed by atoms with Gasteiger partial charge in [-0.25, -0.2) is 0 Å². The molecule has 0 saturated carbocycles. The van der Waals surface area contributed by atoms with Crippen molar-refractivity contribution in [3.05, 3.63) is 79.9 Å². The molecule has 0 aliphatic rings. The highest BCUT2D eigenvalue weighted by Crippen LogP contribution is 2.29. The number of hydrogen-bond donors (Lipinski definition) is 1. The first kappa shape index (κ1) is 19.9. The number of carbonyl (C=O) groups is 1. The van der Waals surface area contributed by atoms with Crippen LogP contribution in [0.25, 0.3) is 6.08 Å². The number of anilines is 1. The molecule has 2 rings (SSSR count). The van der Waals surface area contributed by atoms with E-state index in [-0.39, 0.29) is 5.56 Å². The fraction of sp³-hybridized carbons (Fsp3) is 0.158. The van der Waals surface area contributed by atoms with Gasteiger partial charge in [-0.3, -0.25) is 9.59 Å². The van der Waals surface area contributed by atoms with Gasteiger partial charge >= 0.3 is 6.18 Å². The monoisotopic (exact) mass is 425 g/mol. The average Bonchev–Trinajstić information content (AvgIpc) is 2.73. The van der Waals surface area contributed by atoms with E-state index >= 15 is 0 Å². The molecular formula is C19H15BrF3NO2. The summed E-state index contributed by atoms with van der Waals surface area (Å²) in [5.74, 6) is -0.536. The zero-order valence-corrected chi connectivity index (χ0v) is 15.3. The van der Waals surface area contributed by atoms with Gasteiger partial charge in [-0.2, -0.15) is 13.2 Å². The molecule has 3 nitrogen and oxygen atoms in total. The maximum absolute atomic E-state index is 12.6. The van der Waals surface area contributed by atoms with Crippen LogP contribution in [-0.2, 0) is 6.18 Å². The predicted molar refractivity (Wildman–Crippen MR) is 99.4 cm³/mol. The van der Waals surface area contributed by atoms with Gasteiger partial charge in [0, 0.05) is 11.0 Å². The number of allylic oxidation sites excluding steroid dienone is 1. The normalized spacial score (nSPS) is 11.6. The van der Waals surface area contributed by atoms with E-state index in [4.69, 9.17) is 0 Å². The van der Waals surface area contributed by atoms with Gasteiger partial charge in [0.2, 0.25) is 5.43 Å². The molecule has 0 aliphatic heterocycles. The van der Waals surface area contributed by atoms with Gasteiger partial charge in [0.05, 0.1) is 16.8 Å². The Bertz CT molecular complexity index is 891. The minimum Gasteiger partial charge on any atom is -0.382 e. The molecule has 0 atom stereocenters. The third-order valence-corrected chi connectivity index (χ3v) is 3.97. The van der Waals surface area contributed by atoms with E-state index in [0.29, 0.717) is 22.3 Å². The topological polar surface area (TPSA) is 46.2 Å². The molecule has 7 heteroatoms. The molecule has 1 N–H and O–H groups in total. The fourth-order valence-corrected chi connectivity index (χ4v) is 2.55. The molecule has 2 aromatic carbocycles. The molecule has 0 aliphatic carbocycles. The maximum Gasteiger partial charge on any atom is 0.416 e. The van der Waals surface area contributed by atoms with Crippen LogP contribution in [0.3, 0.4) is 0 Å². The van der Waals surface area contributed by atoms with Gasteiger partial charge in [-0.05, 0) is 48.9 Å². The van der Waals surface area contributed by atoms with Crippen LogP contribution in [0, 0.1) is 0 Å². The van der Waals surface area contributed by atoms with Crippen molar-refractivity contribution in [1.29, 1.82) is 0 Å². The van der Waals surface area contributed by atoms with Crippen LogP contribution in [0.15, 0.2) is 57.8 Å². The fourth-order valence-electron chi connectivity index (χ4n) is 2.19. The summed E-state index contributed by atoms with van der Waals surface area (Å²) in [5, 5.41) is 2.90. The van der Waals surface area contributed by atoms with Crippen molar-refractivity contribution in [3.8, 4) is 0 Å². The summed E-state index contributed by atoms with van der Waals surface area (Å²) in [4.78, 5) is 24.9. The van der Waals surface area contributed by atoms with Crippen LogP contribution in [-0.4, -0.2) is 12.3 Å². The lowest BCUT2D eigenvalue weighted by Crippen LogP contribution is -2.15. The van der Waals surface area contributed by atoms with Gasteiger partial charge in [-0.1, -0.05) is 34.1 Å². The van der Waals surface area contributed by atoms with Crippen molar-refractivity contribution in [2.75, 3.05) is 11.9 Å². The first-order chi connectivity index (χ1) is 12.2. The van der Waals surface area contributed by atoms with Crippen molar-refractivity contribution in [1.82, 2.24) is 0 Å². The molecule has 0 aromatic heterocycles. The molecule has 0 heterocycles. The number of carbonyl (C=O) groups excluding carboxylic acids is 1. The van der Waals surface area contributed by atoms with Crippen LogP contribution in [0.5, 0.6) is 0 Å². The van der Waals surface area contributed by atoms with Gasteiger partial charge in [-0.15, -0.1) is 0 Å². The number of halogens is 4. The maximum atomic E-state index is 12.6. The van der Waals surface area contributed by atoms with E-state index in [2.05, 4.69) is 21.2 Å². The lowest BCUT2D eigenvalue weighted by atomic mass is 10.1. The Morgan fingerprint density at radius 3 is 2.38 bits per heavy atom. The minimum absolute atomic E-state index is 0.0408. The van der Waals surface area contributed by atoms with Gasteiger partial charge in [0.15, 0.2) is 5.78 Å². The van der Waals surface area contributed by atoms with Gasteiger partial charge < -0.3 is 5.32 Å². The number of alkyl halides is 3. The number of nitrogens with one attached hydrogen (secondary N) is 1. The van der Waals surface area contributed by atoms with Crippen molar-refractivity contribution in [2.45, 2.75) is 13.1 Å². The van der Waals surface area contributed by atoms with E-state index in [1.807, 2.05) is 6.92 Å². The largest absolute Gasteiger partial charge is 0.416 e. The second-order valence-corrected chi connectivity index (χ2v) is 6.28. The second kappa shape index (κ2) is 8.31. The molecule has 0 bridgehead atoms. The molecule has 26 heavy (non-hydrogen) atoms. The molecule has 0 spiro atoms. The molecule has 136 valence electrons. The molecule has 0 saturated heterocycles. The Kier molecular flexibility index (Phi) is 6.37. The zero-order chi connectivity index (χ0) is 19.3. The standard InChI is InChI=1S/C19H15BrF3NO2/c1-2-24-16-9-8-14(20)11-15(18(16)26)17(25)10-5-12-3-6-13(7-4-12)19(21,22)23/h3-11H,2H2,1H3,(H,24,26). The zero-order valence-electron chi connectivity index (χ0n) is 13.7. The SMILES string of the molecule is CCNc1ccc(Br)cc(C(=O)C=Cc2ccc(C(F)(F)F)cc2)c1=O. The quantitative estimate of drug-likeness (QED) is 0.531. The first-order valence-electron chi connectivity index (χ1n) is 7.69. The van der Waals surface area contributed by atoms with Crippen molar-refractivity contribution in [3.63, 3.8) is 0 Å². The molecule has 2 aromatic rings. The van der Waals surface area contributed by atoms with Crippen LogP contribution < -0.4 is 10.7 Å². The summed E-state index contributed by atoms with van der Waals surface area (Å²) in [7, 11) is 0. The van der Waals surface area contributed by atoms with Crippen molar-refractivity contribution in [2.24, 2.45) is 0 Å². The van der Waals surface area contributed by atoms with Gasteiger partial charge in [0.1, 0.15) is 0 Å². The second-order valence-electron chi connectivity index (χ2n) is 5.37. The van der Waals surface area contributed by atoms with Crippen LogP contribution in [0.1, 0.15) is 28.4 Å². The van der Waals surface area contributed by atoms with E-state index in [0.717, 1.165) is 12.1 Å². The van der Waals surface area contributed by atoms with E-state index < -0.39 is 23.0 Å². The summed E-state index contributed by atoms with van der Waals surface area (Å²) >= 11 is 3.25. The third kappa shape index (κ3) is 5.05. The summed E-state index contributed by atoms with van der Waals surface area (Å²) in [6, 6.07) is 9.03. The average molecular weight is 426 g/mol. The lowest BCUT2D eigenvalue weighted by Gasteiger charge is -2.05. The van der Waals surface area contributed by atoms with Crippen LogP contribution in [0.4, 0.5) is 18.9 Å². The number of ketones is 1. The summed E-state index contributed by atoms with van der Waals surface area (Å²) in [6.45, 7) is 2.35. The Morgan fingerprint density at radius 2 is 1.81 bits per heavy atom. The Balaban J connectivity index is 2.31. The Labute approximate surface area is 156 Å². The third-order valence-electron chi connectivity index (χ3n) is 3.48. The highest BCUT2D eigenvalue weighted by Gasteiger charge is 2.29. The van der Waals surface area contributed by atoms with E-state index in [1.165, 1.54) is 30.4 Å². The van der Waals surface area contributed by atoms with E-state index in [1.54, 1.807) is 12.1 Å². The molecule has 0 unspecified atom stereocenters. The van der Waals surface area contributed by atoms with Crippen molar-refractivity contribution >= 4 is 33.5 Å². The van der Waals surface area contributed by atoms with E-state index in [9.17, 15) is 22.8 Å². The highest BCUT2D eigenvalue weighted by molar-refractivity contribution is 9.10. The molecule has 0 fully saturated rings. The number of rotatable bonds is 5. The summed E-state index contributed by atoms with van der Waals surface area (Å²) < 4.78 is 38.2. The number of benzene rings is 1. The first-order valence-corrected chi connectivity index (χ1v) is 8.49. The highest BCUT2D eigenvalue weighted by atomic mass is 79.9. The molecule has 0 amide bonds. The van der Waals surface area contributed by atoms with Gasteiger partial charge in [0.25, 0.3) is 0 Å². The van der Waals surface area contributed by atoms with Crippen LogP contribution >= 0.6 is 15.9 Å². The summed E-state index contributed by atoms with van der Waals surface area (Å²) in [6.07, 6.45) is -1.87. The predicted octanol–water partition coefficient (Wildman–Crippen LogP) is 5.16. The van der Waals surface area contributed by atoms with Crippen LogP contribution in [0.2, 0.25) is 0 Å². The Morgan fingerprint density at radius 1 is 1.15 bits per heavy atom. The minimum atomic E-state index is -4.41. The lowest BCUT2D eigenvalue weighted by molar-refractivity contribution is -0.137. The Hall–Kier alpha value is -2.41. The summed E-state index contributed by atoms with van der Waals surface area (Å²) in [5.41, 5.74) is -0.535. The molecule has 0 radical (unpaired) electrons. The smallest absolute Gasteiger partial charge is 0.382 e.